The average Bonchev–Trinajstić information content (AvgIpc) is 2.55. The van der Waals surface area contributed by atoms with Crippen LogP contribution >= 0.6 is 11.6 Å². The van der Waals surface area contributed by atoms with Gasteiger partial charge in [0, 0.05) is 11.4 Å². The number of rotatable bonds is 7. The Morgan fingerprint density at radius 3 is 2.54 bits per heavy atom. The molecule has 1 aliphatic carbocycles. The van der Waals surface area contributed by atoms with Crippen LogP contribution in [0, 0.1) is 0 Å². The van der Waals surface area contributed by atoms with Gasteiger partial charge < -0.3 is 9.47 Å². The van der Waals surface area contributed by atoms with Crippen LogP contribution in [0.15, 0.2) is 48.6 Å². The van der Waals surface area contributed by atoms with E-state index in [9.17, 15) is 13.2 Å². The lowest BCUT2D eigenvalue weighted by Crippen LogP contribution is -2.43. The van der Waals surface area contributed by atoms with E-state index >= 15 is 0 Å². The van der Waals surface area contributed by atoms with Gasteiger partial charge in [-0.3, -0.25) is 4.79 Å². The third-order valence-corrected chi connectivity index (χ3v) is 5.88. The predicted molar refractivity (Wildman–Crippen MR) is 92.3 cm³/mol. The van der Waals surface area contributed by atoms with Crippen molar-refractivity contribution in [2.75, 3.05) is 12.4 Å². The molecular formula is C17H19ClO5S. The van der Waals surface area contributed by atoms with Gasteiger partial charge in [-0.2, -0.15) is 0 Å². The lowest BCUT2D eigenvalue weighted by atomic mass is 10.1. The molecule has 0 spiro atoms. The molecule has 0 saturated carbocycles. The molecule has 1 unspecified atom stereocenters. The topological polar surface area (TPSA) is 69.7 Å². The predicted octanol–water partition coefficient (Wildman–Crippen LogP) is 3.05. The summed E-state index contributed by atoms with van der Waals surface area (Å²) in [6.45, 7) is 1.83. The molecule has 1 aromatic rings. The molecular weight excluding hydrogens is 352 g/mol. The highest BCUT2D eigenvalue weighted by Gasteiger charge is 2.44. The molecule has 5 nitrogen and oxygen atoms in total. The first kappa shape index (κ1) is 18.7. The lowest BCUT2D eigenvalue weighted by molar-refractivity contribution is -0.140. The van der Waals surface area contributed by atoms with Crippen molar-refractivity contribution in [2.24, 2.45) is 0 Å². The van der Waals surface area contributed by atoms with E-state index < -0.39 is 26.5 Å². The number of hydrogen-bond acceptors (Lipinski definition) is 5. The van der Waals surface area contributed by atoms with Crippen LogP contribution in [0.5, 0.6) is 0 Å². The van der Waals surface area contributed by atoms with Crippen LogP contribution in [0.1, 0.15) is 18.9 Å². The Morgan fingerprint density at radius 2 is 1.96 bits per heavy atom. The van der Waals surface area contributed by atoms with Gasteiger partial charge in [-0.05, 0) is 30.7 Å². The second-order valence-electron chi connectivity index (χ2n) is 5.28. The molecule has 7 heteroatoms. The van der Waals surface area contributed by atoms with E-state index in [4.69, 9.17) is 21.1 Å². The van der Waals surface area contributed by atoms with Gasteiger partial charge in [0.2, 0.25) is 0 Å². The van der Waals surface area contributed by atoms with Crippen LogP contribution in [0.25, 0.3) is 0 Å². The van der Waals surface area contributed by atoms with Crippen LogP contribution in [0.3, 0.4) is 0 Å². The first-order valence-corrected chi connectivity index (χ1v) is 9.52. The van der Waals surface area contributed by atoms with Crippen molar-refractivity contribution in [2.45, 2.75) is 24.9 Å². The summed E-state index contributed by atoms with van der Waals surface area (Å²) < 4.78 is 36.0. The van der Waals surface area contributed by atoms with E-state index in [-0.39, 0.29) is 19.6 Å². The van der Waals surface area contributed by atoms with Crippen LogP contribution in [-0.4, -0.2) is 31.7 Å². The quantitative estimate of drug-likeness (QED) is 0.690. The Hall–Kier alpha value is -1.63. The first-order valence-electron chi connectivity index (χ1n) is 7.49. The maximum Gasteiger partial charge on any atom is 0.321 e. The fourth-order valence-electron chi connectivity index (χ4n) is 2.27. The third-order valence-electron chi connectivity index (χ3n) is 3.54. The summed E-state index contributed by atoms with van der Waals surface area (Å²) in [6.07, 6.45) is 6.65. The van der Waals surface area contributed by atoms with Gasteiger partial charge in [0.1, 0.15) is 0 Å². The number of ether oxygens (including phenoxy) is 2. The molecule has 2 rings (SSSR count). The van der Waals surface area contributed by atoms with Crippen LogP contribution in [0.2, 0.25) is 5.02 Å². The van der Waals surface area contributed by atoms with E-state index in [0.717, 1.165) is 5.56 Å². The van der Waals surface area contributed by atoms with E-state index in [1.165, 1.54) is 6.08 Å². The SMILES string of the molecule is CCOC(=O)CS(=O)(=O)C1(OCc2ccc(Cl)cc2)C=CC=CC1. The number of allylic oxidation sites excluding steroid dienone is 2. The summed E-state index contributed by atoms with van der Waals surface area (Å²) in [4.78, 5) is 10.1. The van der Waals surface area contributed by atoms with Gasteiger partial charge in [-0.25, -0.2) is 8.42 Å². The summed E-state index contributed by atoms with van der Waals surface area (Å²) in [6, 6.07) is 6.93. The number of sulfone groups is 1. The molecule has 1 aliphatic rings. The lowest BCUT2D eigenvalue weighted by Gasteiger charge is -2.30. The molecule has 0 N–H and O–H groups in total. The summed E-state index contributed by atoms with van der Waals surface area (Å²) in [5.74, 6) is -1.51. The van der Waals surface area contributed by atoms with Gasteiger partial charge >= 0.3 is 5.97 Å². The zero-order chi connectivity index (χ0) is 17.6. The van der Waals surface area contributed by atoms with Gasteiger partial charge in [-0.1, -0.05) is 42.0 Å². The number of carbonyl (C=O) groups excluding carboxylic acids is 1. The van der Waals surface area contributed by atoms with Crippen molar-refractivity contribution in [3.05, 3.63) is 59.2 Å². The van der Waals surface area contributed by atoms with Crippen molar-refractivity contribution in [1.82, 2.24) is 0 Å². The Morgan fingerprint density at radius 1 is 1.25 bits per heavy atom. The molecule has 0 fully saturated rings. The Bertz CT molecular complexity index is 737. The molecule has 1 atom stereocenters. The van der Waals surface area contributed by atoms with Crippen LogP contribution in [-0.2, 0) is 30.7 Å². The van der Waals surface area contributed by atoms with Crippen LogP contribution < -0.4 is 0 Å². The molecule has 24 heavy (non-hydrogen) atoms. The van der Waals surface area contributed by atoms with Gasteiger partial charge in [0.25, 0.3) is 0 Å². The zero-order valence-corrected chi connectivity index (χ0v) is 14.8. The average molecular weight is 371 g/mol. The summed E-state index contributed by atoms with van der Waals surface area (Å²) in [5, 5.41) is 0.587. The fraction of sp³-hybridized carbons (Fsp3) is 0.353. The highest BCUT2D eigenvalue weighted by Crippen LogP contribution is 2.31. The van der Waals surface area contributed by atoms with E-state index in [1.807, 2.05) is 0 Å². The summed E-state index contributed by atoms with van der Waals surface area (Å²) >= 11 is 5.84. The highest BCUT2D eigenvalue weighted by atomic mass is 35.5. The molecule has 0 heterocycles. The largest absolute Gasteiger partial charge is 0.465 e. The minimum Gasteiger partial charge on any atom is -0.465 e. The minimum atomic E-state index is -3.91. The minimum absolute atomic E-state index is 0.0808. The number of halogens is 1. The van der Waals surface area contributed by atoms with Crippen LogP contribution in [0.4, 0.5) is 0 Å². The number of hydrogen-bond donors (Lipinski definition) is 0. The van der Waals surface area contributed by atoms with Crippen molar-refractivity contribution in [3.8, 4) is 0 Å². The Labute approximate surface area is 146 Å². The monoisotopic (exact) mass is 370 g/mol. The summed E-state index contributed by atoms with van der Waals surface area (Å²) in [5.41, 5.74) is 0.785. The molecule has 0 aliphatic heterocycles. The van der Waals surface area contributed by atoms with E-state index in [1.54, 1.807) is 49.4 Å². The van der Waals surface area contributed by atoms with Gasteiger partial charge in [0.15, 0.2) is 20.5 Å². The standard InChI is InChI=1S/C17H19ClO5S/c1-2-22-16(19)13-24(20,21)17(10-4-3-5-11-17)23-12-14-6-8-15(18)9-7-14/h3-10H,2,11-13H2,1H3. The third kappa shape index (κ3) is 4.47. The second kappa shape index (κ2) is 7.96. The smallest absolute Gasteiger partial charge is 0.321 e. The molecule has 0 radical (unpaired) electrons. The van der Waals surface area contributed by atoms with E-state index in [0.29, 0.717) is 5.02 Å². The van der Waals surface area contributed by atoms with Gasteiger partial charge in [-0.15, -0.1) is 0 Å². The van der Waals surface area contributed by atoms with Crippen molar-refractivity contribution < 1.29 is 22.7 Å². The Kier molecular flexibility index (Phi) is 6.21. The van der Waals surface area contributed by atoms with Crippen molar-refractivity contribution in [1.29, 1.82) is 0 Å². The van der Waals surface area contributed by atoms with Gasteiger partial charge in [0.05, 0.1) is 13.2 Å². The molecule has 0 saturated heterocycles. The molecule has 0 amide bonds. The molecule has 1 aromatic carbocycles. The number of esters is 1. The van der Waals surface area contributed by atoms with Crippen molar-refractivity contribution in [3.63, 3.8) is 0 Å². The second-order valence-corrected chi connectivity index (χ2v) is 7.93. The molecule has 0 aromatic heterocycles. The first-order chi connectivity index (χ1) is 11.4. The highest BCUT2D eigenvalue weighted by molar-refractivity contribution is 7.93. The molecule has 130 valence electrons. The van der Waals surface area contributed by atoms with E-state index in [2.05, 4.69) is 0 Å². The van der Waals surface area contributed by atoms with Crippen molar-refractivity contribution >= 4 is 27.4 Å². The summed E-state index contributed by atoms with van der Waals surface area (Å²) in [7, 11) is -3.91. The fourth-order valence-corrected chi connectivity index (χ4v) is 3.91. The Balaban J connectivity index is 2.20. The number of benzene rings is 1. The zero-order valence-electron chi connectivity index (χ0n) is 13.3. The normalized spacial score (nSPS) is 20.1. The number of carbonyl (C=O) groups is 1. The molecule has 0 bridgehead atoms. The maximum absolute atomic E-state index is 12.7. The maximum atomic E-state index is 12.7.